The Hall–Kier alpha value is -2.76. The number of aromatic nitrogens is 3. The molecule has 1 atom stereocenters. The van der Waals surface area contributed by atoms with Crippen LogP contribution in [0.1, 0.15) is 22.3 Å². The largest absolute Gasteiger partial charge is 0.371 e. The molecule has 0 spiro atoms. The lowest BCUT2D eigenvalue weighted by molar-refractivity contribution is 0.0949. The van der Waals surface area contributed by atoms with Crippen LogP contribution in [0.3, 0.4) is 0 Å². The summed E-state index contributed by atoms with van der Waals surface area (Å²) in [4.78, 5) is 15.0. The van der Waals surface area contributed by atoms with Gasteiger partial charge in [-0.1, -0.05) is 18.2 Å². The van der Waals surface area contributed by atoms with Gasteiger partial charge >= 0.3 is 0 Å². The summed E-state index contributed by atoms with van der Waals surface area (Å²) in [5.74, 6) is 0.425. The lowest BCUT2D eigenvalue weighted by Gasteiger charge is -2.21. The number of nitrogens with one attached hydrogen (secondary N) is 1. The van der Waals surface area contributed by atoms with Gasteiger partial charge in [-0.3, -0.25) is 4.79 Å². The first-order valence-electron chi connectivity index (χ1n) is 8.71. The van der Waals surface area contributed by atoms with Crippen LogP contribution in [0, 0.1) is 12.8 Å². The molecule has 1 fully saturated rings. The van der Waals surface area contributed by atoms with Gasteiger partial charge in [0.2, 0.25) is 0 Å². The minimum Gasteiger partial charge on any atom is -0.371 e. The zero-order valence-corrected chi connectivity index (χ0v) is 14.6. The van der Waals surface area contributed by atoms with Crippen LogP contribution < -0.4 is 10.2 Å². The van der Waals surface area contributed by atoms with Gasteiger partial charge in [0, 0.05) is 44.8 Å². The van der Waals surface area contributed by atoms with Crippen LogP contribution in [0.25, 0.3) is 5.65 Å². The standard InChI is InChI=1S/C19H23N5O/c1-14-5-3-4-6-17(14)23-8-7-15(13-23)11-20-18(25)16-12-21-24-10-9-22(2)19(16)24/h3-6,9-10,12,15H,7-8,11,13H2,1-2H3,(H,20,25). The number of amides is 1. The van der Waals surface area contributed by atoms with E-state index in [-0.39, 0.29) is 5.91 Å². The number of aryl methyl sites for hydroxylation is 2. The lowest BCUT2D eigenvalue weighted by Crippen LogP contribution is -2.31. The Morgan fingerprint density at radius 2 is 2.16 bits per heavy atom. The van der Waals surface area contributed by atoms with E-state index < -0.39 is 0 Å². The van der Waals surface area contributed by atoms with Crippen molar-refractivity contribution in [2.24, 2.45) is 13.0 Å². The molecule has 0 saturated carbocycles. The van der Waals surface area contributed by atoms with Crippen LogP contribution in [-0.2, 0) is 7.05 Å². The maximum Gasteiger partial charge on any atom is 0.256 e. The minimum atomic E-state index is -0.0499. The quantitative estimate of drug-likeness (QED) is 0.794. The number of hydrogen-bond acceptors (Lipinski definition) is 3. The van der Waals surface area contributed by atoms with Gasteiger partial charge in [0.25, 0.3) is 5.91 Å². The van der Waals surface area contributed by atoms with Crippen molar-refractivity contribution in [2.75, 3.05) is 24.5 Å². The molecule has 0 bridgehead atoms. The zero-order chi connectivity index (χ0) is 17.4. The number of benzene rings is 1. The summed E-state index contributed by atoms with van der Waals surface area (Å²) in [5, 5.41) is 7.32. The van der Waals surface area contributed by atoms with Crippen molar-refractivity contribution in [1.29, 1.82) is 0 Å². The summed E-state index contributed by atoms with van der Waals surface area (Å²) in [7, 11) is 1.92. The maximum atomic E-state index is 12.5. The predicted molar refractivity (Wildman–Crippen MR) is 98.0 cm³/mol. The molecule has 3 aromatic rings. The van der Waals surface area contributed by atoms with E-state index in [1.165, 1.54) is 11.3 Å². The first-order chi connectivity index (χ1) is 12.1. The number of anilines is 1. The molecule has 1 aliphatic heterocycles. The van der Waals surface area contributed by atoms with Gasteiger partial charge in [-0.2, -0.15) is 5.10 Å². The molecule has 25 heavy (non-hydrogen) atoms. The van der Waals surface area contributed by atoms with E-state index in [4.69, 9.17) is 0 Å². The highest BCUT2D eigenvalue weighted by Gasteiger charge is 2.24. The summed E-state index contributed by atoms with van der Waals surface area (Å²) >= 11 is 0. The Morgan fingerprint density at radius 1 is 1.32 bits per heavy atom. The van der Waals surface area contributed by atoms with E-state index in [0.29, 0.717) is 18.0 Å². The predicted octanol–water partition coefficient (Wildman–Crippen LogP) is 2.24. The molecule has 1 unspecified atom stereocenters. The summed E-state index contributed by atoms with van der Waals surface area (Å²) in [6, 6.07) is 8.48. The Morgan fingerprint density at radius 3 is 3.00 bits per heavy atom. The smallest absolute Gasteiger partial charge is 0.256 e. The average Bonchev–Trinajstić information content (AvgIpc) is 3.31. The highest BCUT2D eigenvalue weighted by Crippen LogP contribution is 2.26. The monoisotopic (exact) mass is 337 g/mol. The number of hydrogen-bond donors (Lipinski definition) is 1. The third-order valence-electron chi connectivity index (χ3n) is 5.07. The van der Waals surface area contributed by atoms with Crippen LogP contribution >= 0.6 is 0 Å². The van der Waals surface area contributed by atoms with E-state index in [2.05, 4.69) is 46.5 Å². The number of fused-ring (bicyclic) bond motifs is 1. The van der Waals surface area contributed by atoms with Crippen molar-refractivity contribution in [2.45, 2.75) is 13.3 Å². The van der Waals surface area contributed by atoms with Crippen molar-refractivity contribution < 1.29 is 4.79 Å². The molecule has 0 radical (unpaired) electrons. The van der Waals surface area contributed by atoms with E-state index in [1.54, 1.807) is 10.7 Å². The van der Waals surface area contributed by atoms with Crippen molar-refractivity contribution in [3.63, 3.8) is 0 Å². The lowest BCUT2D eigenvalue weighted by atomic mass is 10.1. The summed E-state index contributed by atoms with van der Waals surface area (Å²) in [6.07, 6.45) is 6.49. The molecule has 2 aromatic heterocycles. The molecule has 4 rings (SSSR count). The van der Waals surface area contributed by atoms with E-state index in [1.807, 2.05) is 24.0 Å². The normalized spacial score (nSPS) is 17.4. The molecule has 1 amide bonds. The van der Waals surface area contributed by atoms with Crippen LogP contribution in [0.2, 0.25) is 0 Å². The molecule has 6 nitrogen and oxygen atoms in total. The van der Waals surface area contributed by atoms with Crippen LogP contribution in [0.15, 0.2) is 42.9 Å². The third-order valence-corrected chi connectivity index (χ3v) is 5.07. The van der Waals surface area contributed by atoms with Crippen molar-refractivity contribution >= 4 is 17.2 Å². The first kappa shape index (κ1) is 15.7. The first-order valence-corrected chi connectivity index (χ1v) is 8.71. The van der Waals surface area contributed by atoms with Crippen LogP contribution in [0.5, 0.6) is 0 Å². The van der Waals surface area contributed by atoms with Crippen molar-refractivity contribution in [3.8, 4) is 0 Å². The summed E-state index contributed by atoms with van der Waals surface area (Å²) in [6.45, 7) is 4.87. The molecular formula is C19H23N5O. The molecule has 0 aliphatic carbocycles. The Balaban J connectivity index is 1.38. The molecule has 130 valence electrons. The Bertz CT molecular complexity index is 910. The van der Waals surface area contributed by atoms with Gasteiger partial charge in [0.05, 0.1) is 6.20 Å². The van der Waals surface area contributed by atoms with Gasteiger partial charge in [-0.05, 0) is 30.9 Å². The number of rotatable bonds is 4. The van der Waals surface area contributed by atoms with Gasteiger partial charge in [0.1, 0.15) is 11.2 Å². The molecule has 3 heterocycles. The van der Waals surface area contributed by atoms with Crippen LogP contribution in [0.4, 0.5) is 5.69 Å². The van der Waals surface area contributed by atoms with Gasteiger partial charge < -0.3 is 14.8 Å². The van der Waals surface area contributed by atoms with Gasteiger partial charge in [-0.25, -0.2) is 4.52 Å². The zero-order valence-electron chi connectivity index (χ0n) is 14.6. The molecular weight excluding hydrogens is 314 g/mol. The van der Waals surface area contributed by atoms with Gasteiger partial charge in [-0.15, -0.1) is 0 Å². The van der Waals surface area contributed by atoms with Crippen LogP contribution in [-0.4, -0.2) is 39.7 Å². The fourth-order valence-electron chi connectivity index (χ4n) is 3.68. The highest BCUT2D eigenvalue weighted by molar-refractivity contribution is 5.99. The number of nitrogens with zero attached hydrogens (tertiary/aromatic N) is 4. The third kappa shape index (κ3) is 2.88. The van der Waals surface area contributed by atoms with Gasteiger partial charge in [0.15, 0.2) is 0 Å². The SMILES string of the molecule is Cc1ccccc1N1CCC(CNC(=O)c2cnn3ccn(C)c23)C1. The average molecular weight is 337 g/mol. The highest BCUT2D eigenvalue weighted by atomic mass is 16.1. The summed E-state index contributed by atoms with van der Waals surface area (Å²) in [5.41, 5.74) is 4.06. The second kappa shape index (κ2) is 6.27. The minimum absolute atomic E-state index is 0.0499. The molecule has 1 aromatic carbocycles. The van der Waals surface area contributed by atoms with E-state index in [9.17, 15) is 4.79 Å². The van der Waals surface area contributed by atoms with E-state index >= 15 is 0 Å². The molecule has 1 saturated heterocycles. The second-order valence-electron chi connectivity index (χ2n) is 6.83. The maximum absolute atomic E-state index is 12.5. The van der Waals surface area contributed by atoms with E-state index in [0.717, 1.165) is 25.2 Å². The van der Waals surface area contributed by atoms with Crippen molar-refractivity contribution in [3.05, 3.63) is 54.0 Å². The number of para-hydroxylation sites is 1. The Kier molecular flexibility index (Phi) is 3.95. The summed E-state index contributed by atoms with van der Waals surface area (Å²) < 4.78 is 3.64. The number of imidazole rings is 1. The fraction of sp³-hybridized carbons (Fsp3) is 0.368. The fourth-order valence-corrected chi connectivity index (χ4v) is 3.68. The molecule has 6 heteroatoms. The second-order valence-corrected chi connectivity index (χ2v) is 6.83. The molecule has 1 N–H and O–H groups in total. The molecule has 1 aliphatic rings. The topological polar surface area (TPSA) is 54.6 Å². The number of carbonyl (C=O) groups excluding carboxylic acids is 1. The number of carbonyl (C=O) groups is 1. The Labute approximate surface area is 147 Å². The van der Waals surface area contributed by atoms with Crippen molar-refractivity contribution in [1.82, 2.24) is 19.5 Å².